The monoisotopic (exact) mass is 426 g/mol. The summed E-state index contributed by atoms with van der Waals surface area (Å²) in [6.45, 7) is 0.346. The first kappa shape index (κ1) is 21.4. The van der Waals surface area contributed by atoms with Crippen molar-refractivity contribution in [1.29, 1.82) is 0 Å². The van der Waals surface area contributed by atoms with Gasteiger partial charge < -0.3 is 15.1 Å². The molecule has 1 aliphatic heterocycles. The van der Waals surface area contributed by atoms with E-state index in [1.165, 1.54) is 13.2 Å². The minimum Gasteiger partial charge on any atom is -0.352 e. The third-order valence-corrected chi connectivity index (χ3v) is 5.81. The van der Waals surface area contributed by atoms with Gasteiger partial charge in [-0.1, -0.05) is 18.2 Å². The number of fused-ring (bicyclic) bond motifs is 1. The molecule has 2 amide bonds. The second-order valence-electron chi connectivity index (χ2n) is 8.19. The van der Waals surface area contributed by atoms with Crippen LogP contribution in [0.5, 0.6) is 0 Å². The van der Waals surface area contributed by atoms with Crippen LogP contribution in [0.3, 0.4) is 0 Å². The molecule has 1 aromatic heterocycles. The van der Waals surface area contributed by atoms with Gasteiger partial charge in [-0.3, -0.25) is 14.6 Å². The lowest BCUT2D eigenvalue weighted by molar-refractivity contribution is -0.142. The molecule has 4 rings (SSSR count). The maximum Gasteiger partial charge on any atom is 0.243 e. The molecule has 164 valence electrons. The Balaban J connectivity index is 1.51. The molecule has 8 heteroatoms. The van der Waals surface area contributed by atoms with Crippen molar-refractivity contribution < 1.29 is 18.8 Å². The second kappa shape index (κ2) is 9.53. The van der Waals surface area contributed by atoms with Crippen molar-refractivity contribution in [3.05, 3.63) is 65.2 Å². The van der Waals surface area contributed by atoms with Crippen LogP contribution in [0.25, 0.3) is 0 Å². The van der Waals surface area contributed by atoms with Gasteiger partial charge in [0, 0.05) is 43.9 Å². The summed E-state index contributed by atoms with van der Waals surface area (Å²) in [6.07, 6.45) is 6.22. The molecule has 1 saturated carbocycles. The highest BCUT2D eigenvalue weighted by Crippen LogP contribution is 2.26. The normalized spacial score (nSPS) is 18.9. The molecule has 7 nitrogen and oxygen atoms in total. The average Bonchev–Trinajstić information content (AvgIpc) is 3.58. The number of carbonyl (C=O) groups excluding carboxylic acids is 2. The van der Waals surface area contributed by atoms with E-state index in [1.807, 2.05) is 6.07 Å². The summed E-state index contributed by atoms with van der Waals surface area (Å²) >= 11 is 0. The molecule has 2 heterocycles. The van der Waals surface area contributed by atoms with Crippen molar-refractivity contribution in [1.82, 2.24) is 20.7 Å². The van der Waals surface area contributed by atoms with Crippen molar-refractivity contribution in [3.8, 4) is 0 Å². The van der Waals surface area contributed by atoms with Gasteiger partial charge in [0.05, 0.1) is 7.11 Å². The first-order chi connectivity index (χ1) is 15.0. The number of halogens is 1. The van der Waals surface area contributed by atoms with Crippen LogP contribution in [-0.4, -0.2) is 46.9 Å². The number of hydrogen-bond donors (Lipinski definition) is 2. The molecule has 2 aliphatic rings. The number of aromatic nitrogens is 1. The van der Waals surface area contributed by atoms with Crippen molar-refractivity contribution >= 4 is 11.8 Å². The van der Waals surface area contributed by atoms with Crippen molar-refractivity contribution in [2.75, 3.05) is 7.11 Å². The van der Waals surface area contributed by atoms with Crippen LogP contribution in [0, 0.1) is 5.82 Å². The van der Waals surface area contributed by atoms with Crippen molar-refractivity contribution in [2.24, 2.45) is 0 Å². The molecule has 1 fully saturated rings. The fourth-order valence-corrected chi connectivity index (χ4v) is 4.01. The van der Waals surface area contributed by atoms with Gasteiger partial charge in [-0.05, 0) is 48.1 Å². The minimum atomic E-state index is -0.582. The van der Waals surface area contributed by atoms with E-state index in [1.54, 1.807) is 35.5 Å². The van der Waals surface area contributed by atoms with Crippen LogP contribution in [0.4, 0.5) is 4.39 Å². The molecule has 2 aromatic rings. The van der Waals surface area contributed by atoms with Crippen LogP contribution in [0.15, 0.2) is 42.7 Å². The van der Waals surface area contributed by atoms with E-state index in [9.17, 15) is 14.0 Å². The molecule has 0 saturated heterocycles. The van der Waals surface area contributed by atoms with Gasteiger partial charge in [-0.15, -0.1) is 0 Å². The highest BCUT2D eigenvalue weighted by molar-refractivity contribution is 5.89. The summed E-state index contributed by atoms with van der Waals surface area (Å²) < 4.78 is 14.1. The molecule has 0 radical (unpaired) electrons. The van der Waals surface area contributed by atoms with Gasteiger partial charge in [-0.25, -0.2) is 4.39 Å². The van der Waals surface area contributed by atoms with Crippen molar-refractivity contribution in [2.45, 2.75) is 56.8 Å². The minimum absolute atomic E-state index is 0.0792. The topological polar surface area (TPSA) is 83.6 Å². The summed E-state index contributed by atoms with van der Waals surface area (Å²) in [4.78, 5) is 37.1. The second-order valence-corrected chi connectivity index (χ2v) is 8.19. The Morgan fingerprint density at radius 1 is 1.26 bits per heavy atom. The Hall–Kier alpha value is -2.84. The summed E-state index contributed by atoms with van der Waals surface area (Å²) in [5.74, 6) is -0.626. The van der Waals surface area contributed by atoms with Gasteiger partial charge in [0.25, 0.3) is 0 Å². The SMILES string of the molecule is CONC(CC(=O)N1Cc2ccncc2CC1C(=O)NC1CC1)Cc1ccccc1F. The molecule has 2 unspecified atom stereocenters. The van der Waals surface area contributed by atoms with E-state index < -0.39 is 12.1 Å². The third-order valence-electron chi connectivity index (χ3n) is 5.81. The number of rotatable bonds is 8. The van der Waals surface area contributed by atoms with E-state index in [4.69, 9.17) is 4.84 Å². The standard InChI is InChI=1S/C23H27FN4O3/c1-31-27-19(10-15-4-2-3-5-20(15)24)12-22(29)28-14-16-8-9-25-13-17(16)11-21(28)23(30)26-18-6-7-18/h2-5,8-9,13,18-19,21,27H,6-7,10-12,14H2,1H3,(H,26,30). The predicted octanol–water partition coefficient (Wildman–Crippen LogP) is 1.90. The maximum absolute atomic E-state index is 14.1. The molecule has 0 spiro atoms. The summed E-state index contributed by atoms with van der Waals surface area (Å²) in [5.41, 5.74) is 5.29. The Morgan fingerprint density at radius 3 is 2.81 bits per heavy atom. The maximum atomic E-state index is 14.1. The molecule has 1 aromatic carbocycles. The lowest BCUT2D eigenvalue weighted by Gasteiger charge is -2.36. The molecular formula is C23H27FN4O3. The number of hydrogen-bond acceptors (Lipinski definition) is 5. The van der Waals surface area contributed by atoms with Gasteiger partial charge in [0.1, 0.15) is 11.9 Å². The third kappa shape index (κ3) is 5.26. The first-order valence-corrected chi connectivity index (χ1v) is 10.6. The van der Waals surface area contributed by atoms with Crippen LogP contribution < -0.4 is 10.8 Å². The fraction of sp³-hybridized carbons (Fsp3) is 0.435. The first-order valence-electron chi connectivity index (χ1n) is 10.6. The summed E-state index contributed by atoms with van der Waals surface area (Å²) in [5, 5.41) is 3.02. The van der Waals surface area contributed by atoms with Gasteiger partial charge in [0.2, 0.25) is 11.8 Å². The van der Waals surface area contributed by atoms with E-state index in [-0.39, 0.29) is 30.1 Å². The molecular weight excluding hydrogens is 399 g/mol. The Labute approximate surface area is 180 Å². The van der Waals surface area contributed by atoms with Crippen LogP contribution in [0.1, 0.15) is 36.0 Å². The number of nitrogens with zero attached hydrogens (tertiary/aromatic N) is 2. The molecule has 1 aliphatic carbocycles. The van der Waals surface area contributed by atoms with Crippen molar-refractivity contribution in [3.63, 3.8) is 0 Å². The zero-order chi connectivity index (χ0) is 21.8. The quantitative estimate of drug-likeness (QED) is 0.630. The Bertz CT molecular complexity index is 950. The van der Waals surface area contributed by atoms with Crippen LogP contribution in [-0.2, 0) is 33.8 Å². The number of carbonyl (C=O) groups is 2. The zero-order valence-electron chi connectivity index (χ0n) is 17.5. The number of pyridine rings is 1. The van der Waals surface area contributed by atoms with Crippen LogP contribution >= 0.6 is 0 Å². The highest BCUT2D eigenvalue weighted by atomic mass is 19.1. The average molecular weight is 426 g/mol. The smallest absolute Gasteiger partial charge is 0.243 e. The number of amides is 2. The lowest BCUT2D eigenvalue weighted by atomic mass is 9.94. The van der Waals surface area contributed by atoms with Gasteiger partial charge in [0.15, 0.2) is 0 Å². The van der Waals surface area contributed by atoms with E-state index in [2.05, 4.69) is 15.8 Å². The molecule has 31 heavy (non-hydrogen) atoms. The van der Waals surface area contributed by atoms with E-state index in [0.717, 1.165) is 24.0 Å². The van der Waals surface area contributed by atoms with E-state index >= 15 is 0 Å². The van der Waals surface area contributed by atoms with Gasteiger partial charge in [-0.2, -0.15) is 5.48 Å². The largest absolute Gasteiger partial charge is 0.352 e. The van der Waals surface area contributed by atoms with Crippen LogP contribution in [0.2, 0.25) is 0 Å². The molecule has 0 bridgehead atoms. The predicted molar refractivity (Wildman–Crippen MR) is 112 cm³/mol. The number of hydroxylamine groups is 1. The highest BCUT2D eigenvalue weighted by Gasteiger charge is 2.37. The van der Waals surface area contributed by atoms with Gasteiger partial charge >= 0.3 is 0 Å². The summed E-state index contributed by atoms with van der Waals surface area (Å²) in [7, 11) is 1.47. The molecule has 2 atom stereocenters. The number of nitrogens with one attached hydrogen (secondary N) is 2. The summed E-state index contributed by atoms with van der Waals surface area (Å²) in [6, 6.07) is 7.57. The Morgan fingerprint density at radius 2 is 2.06 bits per heavy atom. The molecule has 2 N–H and O–H groups in total. The zero-order valence-corrected chi connectivity index (χ0v) is 17.5. The van der Waals surface area contributed by atoms with E-state index in [0.29, 0.717) is 24.9 Å². The fourth-order valence-electron chi connectivity index (χ4n) is 4.01. The number of benzene rings is 1. The lowest BCUT2D eigenvalue weighted by Crippen LogP contribution is -2.54. The Kier molecular flexibility index (Phi) is 6.58.